The van der Waals surface area contributed by atoms with E-state index in [-0.39, 0.29) is 10.8 Å². The topological polar surface area (TPSA) is 102 Å². The quantitative estimate of drug-likeness (QED) is 0.815. The number of aromatic nitrogens is 3. The second-order valence-electron chi connectivity index (χ2n) is 6.26. The number of rotatable bonds is 5. The number of sulfonamides is 1. The number of nitrogens with zero attached hydrogens (tertiary/aromatic N) is 4. The zero-order chi connectivity index (χ0) is 15.9. The lowest BCUT2D eigenvalue weighted by Crippen LogP contribution is -2.40. The fourth-order valence-electron chi connectivity index (χ4n) is 2.99. The number of hydrogen-bond donors (Lipinski definition) is 0. The van der Waals surface area contributed by atoms with Crippen LogP contribution in [0.3, 0.4) is 0 Å². The fourth-order valence-corrected chi connectivity index (χ4v) is 4.40. The van der Waals surface area contributed by atoms with Crippen molar-refractivity contribution in [3.05, 3.63) is 24.2 Å². The molecule has 3 heterocycles. The van der Waals surface area contributed by atoms with E-state index in [0.29, 0.717) is 31.3 Å². The van der Waals surface area contributed by atoms with Gasteiger partial charge < -0.3 is 9.05 Å². The van der Waals surface area contributed by atoms with Crippen molar-refractivity contribution in [2.75, 3.05) is 13.1 Å². The molecule has 1 unspecified atom stereocenters. The van der Waals surface area contributed by atoms with Gasteiger partial charge in [0.15, 0.2) is 5.82 Å². The summed E-state index contributed by atoms with van der Waals surface area (Å²) in [5.41, 5.74) is 0. The van der Waals surface area contributed by atoms with E-state index < -0.39 is 10.0 Å². The van der Waals surface area contributed by atoms with Crippen LogP contribution < -0.4 is 0 Å². The van der Waals surface area contributed by atoms with Crippen LogP contribution in [-0.2, 0) is 16.4 Å². The van der Waals surface area contributed by atoms with Crippen LogP contribution >= 0.6 is 0 Å². The van der Waals surface area contributed by atoms with E-state index in [0.717, 1.165) is 31.5 Å². The molecular weight excluding hydrogens is 320 g/mol. The molecule has 9 heteroatoms. The van der Waals surface area contributed by atoms with E-state index in [1.807, 2.05) is 0 Å². The van der Waals surface area contributed by atoms with Crippen molar-refractivity contribution in [1.29, 1.82) is 0 Å². The minimum atomic E-state index is -3.53. The van der Waals surface area contributed by atoms with Gasteiger partial charge in [0.1, 0.15) is 11.2 Å². The first-order chi connectivity index (χ1) is 11.1. The van der Waals surface area contributed by atoms with Gasteiger partial charge in [-0.2, -0.15) is 9.29 Å². The van der Waals surface area contributed by atoms with Crippen LogP contribution in [0.25, 0.3) is 0 Å². The van der Waals surface area contributed by atoms with Gasteiger partial charge in [-0.1, -0.05) is 10.3 Å². The molecule has 23 heavy (non-hydrogen) atoms. The second-order valence-corrected chi connectivity index (χ2v) is 8.19. The summed E-state index contributed by atoms with van der Waals surface area (Å²) in [5.74, 6) is 2.06. The summed E-state index contributed by atoms with van der Waals surface area (Å²) >= 11 is 0. The standard InChI is InChI=1S/C14H18N4O4S/c19-23(20,12-7-15-21-9-12)18-5-1-2-10(8-18)6-13-16-14(17-22-13)11-3-4-11/h7,9-11H,1-6,8H2. The predicted octanol–water partition coefficient (Wildman–Crippen LogP) is 1.58. The smallest absolute Gasteiger partial charge is 0.247 e. The van der Waals surface area contributed by atoms with Gasteiger partial charge in [0.05, 0.1) is 6.20 Å². The lowest BCUT2D eigenvalue weighted by molar-refractivity contribution is 0.246. The molecule has 2 aromatic rings. The molecule has 1 atom stereocenters. The van der Waals surface area contributed by atoms with Crippen molar-refractivity contribution in [1.82, 2.24) is 19.6 Å². The maximum atomic E-state index is 12.5. The zero-order valence-electron chi connectivity index (χ0n) is 12.6. The van der Waals surface area contributed by atoms with Crippen LogP contribution in [0.15, 0.2) is 26.4 Å². The van der Waals surface area contributed by atoms with Gasteiger partial charge in [-0.15, -0.1) is 0 Å². The normalized spacial score (nSPS) is 23.2. The van der Waals surface area contributed by atoms with E-state index in [9.17, 15) is 8.42 Å². The average molecular weight is 338 g/mol. The highest BCUT2D eigenvalue weighted by molar-refractivity contribution is 7.89. The van der Waals surface area contributed by atoms with E-state index in [1.165, 1.54) is 16.8 Å². The summed E-state index contributed by atoms with van der Waals surface area (Å²) in [7, 11) is -3.53. The maximum absolute atomic E-state index is 12.5. The molecule has 2 fully saturated rings. The summed E-state index contributed by atoms with van der Waals surface area (Å²) in [5, 5.41) is 7.49. The molecule has 1 saturated carbocycles. The minimum absolute atomic E-state index is 0.104. The molecule has 1 aliphatic carbocycles. The first kappa shape index (κ1) is 14.8. The highest BCUT2D eigenvalue weighted by Crippen LogP contribution is 2.38. The van der Waals surface area contributed by atoms with E-state index in [2.05, 4.69) is 19.8 Å². The van der Waals surface area contributed by atoms with Crippen molar-refractivity contribution in [2.45, 2.75) is 42.9 Å². The number of piperidine rings is 1. The molecular formula is C14H18N4O4S. The Morgan fingerprint density at radius 1 is 1.30 bits per heavy atom. The number of hydrogen-bond acceptors (Lipinski definition) is 7. The Kier molecular flexibility index (Phi) is 3.68. The van der Waals surface area contributed by atoms with Gasteiger partial charge in [0, 0.05) is 25.4 Å². The van der Waals surface area contributed by atoms with Crippen LogP contribution in [0.1, 0.15) is 43.3 Å². The van der Waals surface area contributed by atoms with Crippen LogP contribution in [0.5, 0.6) is 0 Å². The van der Waals surface area contributed by atoms with E-state index in [4.69, 9.17) is 4.52 Å². The lowest BCUT2D eigenvalue weighted by atomic mass is 9.96. The third kappa shape index (κ3) is 3.02. The monoisotopic (exact) mass is 338 g/mol. The van der Waals surface area contributed by atoms with Crippen molar-refractivity contribution < 1.29 is 17.5 Å². The molecule has 0 radical (unpaired) electrons. The lowest BCUT2D eigenvalue weighted by Gasteiger charge is -2.30. The summed E-state index contributed by atoms with van der Waals surface area (Å²) in [6, 6.07) is 0. The third-order valence-corrected chi connectivity index (χ3v) is 6.23. The highest BCUT2D eigenvalue weighted by Gasteiger charge is 2.33. The average Bonchev–Trinajstić information content (AvgIpc) is 3.05. The van der Waals surface area contributed by atoms with Crippen molar-refractivity contribution >= 4 is 10.0 Å². The Bertz CT molecular complexity index is 767. The Morgan fingerprint density at radius 3 is 2.91 bits per heavy atom. The largest absolute Gasteiger partial charge is 0.363 e. The molecule has 1 aliphatic heterocycles. The first-order valence-corrected chi connectivity index (χ1v) is 9.29. The molecule has 0 amide bonds. The summed E-state index contributed by atoms with van der Waals surface area (Å²) in [6.45, 7) is 0.968. The fraction of sp³-hybridized carbons (Fsp3) is 0.643. The van der Waals surface area contributed by atoms with Gasteiger partial charge >= 0.3 is 0 Å². The molecule has 124 valence electrons. The van der Waals surface area contributed by atoms with Crippen molar-refractivity contribution in [3.63, 3.8) is 0 Å². The van der Waals surface area contributed by atoms with Crippen LogP contribution in [-0.4, -0.2) is 41.1 Å². The molecule has 1 saturated heterocycles. The summed E-state index contributed by atoms with van der Waals surface area (Å²) in [6.07, 6.45) is 7.06. The minimum Gasteiger partial charge on any atom is -0.363 e. The second kappa shape index (κ2) is 5.72. The third-order valence-electron chi connectivity index (χ3n) is 4.42. The Balaban J connectivity index is 1.44. The van der Waals surface area contributed by atoms with Gasteiger partial charge in [-0.25, -0.2) is 8.42 Å². The van der Waals surface area contributed by atoms with Crippen LogP contribution in [0.2, 0.25) is 0 Å². The molecule has 0 spiro atoms. The van der Waals surface area contributed by atoms with E-state index >= 15 is 0 Å². The first-order valence-electron chi connectivity index (χ1n) is 7.85. The highest BCUT2D eigenvalue weighted by atomic mass is 32.2. The van der Waals surface area contributed by atoms with Crippen molar-refractivity contribution in [3.8, 4) is 0 Å². The van der Waals surface area contributed by atoms with E-state index in [1.54, 1.807) is 0 Å². The van der Waals surface area contributed by atoms with Gasteiger partial charge in [-0.05, 0) is 31.6 Å². The Hall–Kier alpha value is -1.74. The van der Waals surface area contributed by atoms with Crippen LogP contribution in [0, 0.1) is 5.92 Å². The predicted molar refractivity (Wildman–Crippen MR) is 78.0 cm³/mol. The summed E-state index contributed by atoms with van der Waals surface area (Å²) < 4.78 is 36.5. The molecule has 0 bridgehead atoms. The SMILES string of the molecule is O=S(=O)(c1cnoc1)N1CCCC(Cc2nc(C3CC3)no2)C1. The molecule has 0 aromatic carbocycles. The summed E-state index contributed by atoms with van der Waals surface area (Å²) in [4.78, 5) is 4.54. The molecule has 2 aromatic heterocycles. The van der Waals surface area contributed by atoms with Gasteiger partial charge in [0.2, 0.25) is 15.9 Å². The van der Waals surface area contributed by atoms with Gasteiger partial charge in [-0.3, -0.25) is 0 Å². The maximum Gasteiger partial charge on any atom is 0.247 e. The Labute approximate surface area is 133 Å². The van der Waals surface area contributed by atoms with Crippen molar-refractivity contribution in [2.24, 2.45) is 5.92 Å². The molecule has 2 aliphatic rings. The molecule has 4 rings (SSSR count). The molecule has 8 nitrogen and oxygen atoms in total. The Morgan fingerprint density at radius 2 is 2.17 bits per heavy atom. The van der Waals surface area contributed by atoms with Gasteiger partial charge in [0.25, 0.3) is 0 Å². The van der Waals surface area contributed by atoms with Crippen LogP contribution in [0.4, 0.5) is 0 Å². The molecule has 0 N–H and O–H groups in total. The zero-order valence-corrected chi connectivity index (χ0v) is 13.4.